The van der Waals surface area contributed by atoms with Crippen molar-refractivity contribution in [2.45, 2.75) is 5.33 Å². The molecule has 0 amide bonds. The molecule has 88 valence electrons. The Morgan fingerprint density at radius 3 is 2.53 bits per heavy atom. The fourth-order valence-electron chi connectivity index (χ4n) is 1.64. The van der Waals surface area contributed by atoms with Gasteiger partial charge in [-0.2, -0.15) is 0 Å². The topological polar surface area (TPSA) is 9.23 Å². The number of hydrogen-bond donors (Lipinski definition) is 0. The first-order valence-corrected chi connectivity index (χ1v) is 6.35. The first-order valence-electron chi connectivity index (χ1n) is 5.23. The van der Waals surface area contributed by atoms with E-state index >= 15 is 0 Å². The van der Waals surface area contributed by atoms with E-state index in [0.717, 1.165) is 16.9 Å². The van der Waals surface area contributed by atoms with Gasteiger partial charge in [-0.1, -0.05) is 40.2 Å². The van der Waals surface area contributed by atoms with Crippen LogP contribution in [0.25, 0.3) is 11.1 Å². The molecule has 0 bridgehead atoms. The van der Waals surface area contributed by atoms with E-state index in [4.69, 9.17) is 4.74 Å². The highest BCUT2D eigenvalue weighted by Crippen LogP contribution is 2.25. The summed E-state index contributed by atoms with van der Waals surface area (Å²) in [5, 5.41) is 0.525. The molecule has 2 aromatic carbocycles. The lowest BCUT2D eigenvalue weighted by Crippen LogP contribution is -1.88. The number of rotatable bonds is 3. The number of hydrogen-bond acceptors (Lipinski definition) is 1. The Bertz CT molecular complexity index is 525. The van der Waals surface area contributed by atoms with Crippen LogP contribution in [0.5, 0.6) is 5.75 Å². The largest absolute Gasteiger partial charge is 0.497 e. The number of ether oxygens (including phenoxy) is 1. The summed E-state index contributed by atoms with van der Waals surface area (Å²) < 4.78 is 18.8. The quantitative estimate of drug-likeness (QED) is 0.763. The lowest BCUT2D eigenvalue weighted by Gasteiger charge is -2.06. The zero-order valence-electron chi connectivity index (χ0n) is 9.41. The fourth-order valence-corrected chi connectivity index (χ4v) is 2.09. The second kappa shape index (κ2) is 5.32. The van der Waals surface area contributed by atoms with Gasteiger partial charge in [0.15, 0.2) is 0 Å². The second-order valence-electron chi connectivity index (χ2n) is 3.67. The van der Waals surface area contributed by atoms with Crippen molar-refractivity contribution in [1.29, 1.82) is 0 Å². The number of benzene rings is 2. The van der Waals surface area contributed by atoms with Crippen LogP contribution in [0.15, 0.2) is 42.5 Å². The van der Waals surface area contributed by atoms with Gasteiger partial charge in [0.05, 0.1) is 7.11 Å². The molecular formula is C14H12BrFO. The minimum absolute atomic E-state index is 0.192. The maximum atomic E-state index is 13.7. The molecule has 0 aliphatic carbocycles. The molecule has 0 heterocycles. The number of methoxy groups -OCH3 is 1. The van der Waals surface area contributed by atoms with E-state index in [1.54, 1.807) is 19.2 Å². The average molecular weight is 295 g/mol. The van der Waals surface area contributed by atoms with Crippen LogP contribution in [-0.4, -0.2) is 7.11 Å². The molecule has 1 nitrogen and oxygen atoms in total. The van der Waals surface area contributed by atoms with E-state index < -0.39 is 0 Å². The molecule has 2 rings (SSSR count). The summed E-state index contributed by atoms with van der Waals surface area (Å²) in [6, 6.07) is 12.8. The van der Waals surface area contributed by atoms with Crippen LogP contribution in [0.2, 0.25) is 0 Å². The van der Waals surface area contributed by atoms with Crippen molar-refractivity contribution in [2.24, 2.45) is 0 Å². The van der Waals surface area contributed by atoms with Crippen molar-refractivity contribution in [3.63, 3.8) is 0 Å². The molecule has 0 unspecified atom stereocenters. The zero-order chi connectivity index (χ0) is 12.3. The molecule has 0 saturated heterocycles. The van der Waals surface area contributed by atoms with E-state index in [1.807, 2.05) is 30.3 Å². The smallest absolute Gasteiger partial charge is 0.127 e. The van der Waals surface area contributed by atoms with Crippen LogP contribution in [0.3, 0.4) is 0 Å². The van der Waals surface area contributed by atoms with Crippen LogP contribution in [-0.2, 0) is 5.33 Å². The lowest BCUT2D eigenvalue weighted by atomic mass is 10.0. The van der Waals surface area contributed by atoms with E-state index in [2.05, 4.69) is 15.9 Å². The Morgan fingerprint density at radius 2 is 1.88 bits per heavy atom. The average Bonchev–Trinajstić information content (AvgIpc) is 2.38. The van der Waals surface area contributed by atoms with Gasteiger partial charge in [-0.05, 0) is 34.9 Å². The third kappa shape index (κ3) is 2.67. The third-order valence-electron chi connectivity index (χ3n) is 2.60. The van der Waals surface area contributed by atoms with Gasteiger partial charge in [-0.3, -0.25) is 0 Å². The number of alkyl halides is 1. The maximum absolute atomic E-state index is 13.7. The van der Waals surface area contributed by atoms with Crippen LogP contribution in [0, 0.1) is 5.82 Å². The third-order valence-corrected chi connectivity index (χ3v) is 3.20. The predicted octanol–water partition coefficient (Wildman–Crippen LogP) is 4.40. The van der Waals surface area contributed by atoms with Crippen LogP contribution >= 0.6 is 15.9 Å². The van der Waals surface area contributed by atoms with Gasteiger partial charge in [0.1, 0.15) is 11.6 Å². The monoisotopic (exact) mass is 294 g/mol. The molecule has 0 aromatic heterocycles. The Labute approximate surface area is 108 Å². The Kier molecular flexibility index (Phi) is 3.79. The molecule has 3 heteroatoms. The molecule has 0 saturated carbocycles. The van der Waals surface area contributed by atoms with Crippen molar-refractivity contribution < 1.29 is 9.13 Å². The summed E-state index contributed by atoms with van der Waals surface area (Å²) in [6.07, 6.45) is 0. The van der Waals surface area contributed by atoms with Crippen molar-refractivity contribution >= 4 is 15.9 Å². The Hall–Kier alpha value is -1.35. The highest BCUT2D eigenvalue weighted by Gasteiger charge is 2.04. The highest BCUT2D eigenvalue weighted by molar-refractivity contribution is 9.08. The fraction of sp³-hybridized carbons (Fsp3) is 0.143. The molecular weight excluding hydrogens is 283 g/mol. The molecule has 0 atom stereocenters. The Balaban J connectivity index is 2.42. The summed E-state index contributed by atoms with van der Waals surface area (Å²) in [7, 11) is 1.62. The first-order chi connectivity index (χ1) is 8.24. The summed E-state index contributed by atoms with van der Waals surface area (Å²) in [4.78, 5) is 0. The Morgan fingerprint density at radius 1 is 1.12 bits per heavy atom. The zero-order valence-corrected chi connectivity index (χ0v) is 11.0. The minimum atomic E-state index is -0.192. The highest BCUT2D eigenvalue weighted by atomic mass is 79.9. The van der Waals surface area contributed by atoms with Crippen LogP contribution in [0.1, 0.15) is 5.56 Å². The van der Waals surface area contributed by atoms with Gasteiger partial charge in [-0.25, -0.2) is 4.39 Å². The minimum Gasteiger partial charge on any atom is -0.497 e. The predicted molar refractivity (Wildman–Crippen MR) is 71.0 cm³/mol. The van der Waals surface area contributed by atoms with Crippen molar-refractivity contribution in [2.75, 3.05) is 7.11 Å². The van der Waals surface area contributed by atoms with Crippen LogP contribution < -0.4 is 4.74 Å². The van der Waals surface area contributed by atoms with Crippen molar-refractivity contribution in [3.8, 4) is 16.9 Å². The molecule has 0 aliphatic rings. The van der Waals surface area contributed by atoms with Gasteiger partial charge in [0, 0.05) is 5.33 Å². The van der Waals surface area contributed by atoms with Crippen molar-refractivity contribution in [1.82, 2.24) is 0 Å². The van der Waals surface area contributed by atoms with Gasteiger partial charge in [0.2, 0.25) is 0 Å². The molecule has 0 aliphatic heterocycles. The van der Waals surface area contributed by atoms with Gasteiger partial charge in [-0.15, -0.1) is 0 Å². The van der Waals surface area contributed by atoms with Gasteiger partial charge >= 0.3 is 0 Å². The molecule has 2 aromatic rings. The molecule has 17 heavy (non-hydrogen) atoms. The molecule has 0 N–H and O–H groups in total. The van der Waals surface area contributed by atoms with Crippen molar-refractivity contribution in [3.05, 3.63) is 53.8 Å². The standard InChI is InChI=1S/C14H12BrFO/c1-17-13-4-2-3-10(7-13)11-5-6-12(9-15)14(16)8-11/h2-8H,9H2,1H3. The summed E-state index contributed by atoms with van der Waals surface area (Å²) >= 11 is 3.25. The summed E-state index contributed by atoms with van der Waals surface area (Å²) in [5.41, 5.74) is 2.46. The number of halogens is 2. The van der Waals surface area contributed by atoms with E-state index in [-0.39, 0.29) is 5.82 Å². The SMILES string of the molecule is COc1cccc(-c2ccc(CBr)c(F)c2)c1. The molecule has 0 spiro atoms. The van der Waals surface area contributed by atoms with Crippen LogP contribution in [0.4, 0.5) is 4.39 Å². The maximum Gasteiger partial charge on any atom is 0.127 e. The normalized spacial score (nSPS) is 10.3. The van der Waals surface area contributed by atoms with Gasteiger partial charge < -0.3 is 4.74 Å². The summed E-state index contributed by atoms with van der Waals surface area (Å²) in [6.45, 7) is 0. The first kappa shape index (κ1) is 12.1. The molecule has 0 fully saturated rings. The van der Waals surface area contributed by atoms with E-state index in [1.165, 1.54) is 0 Å². The van der Waals surface area contributed by atoms with E-state index in [0.29, 0.717) is 10.9 Å². The lowest BCUT2D eigenvalue weighted by molar-refractivity contribution is 0.415. The molecule has 0 radical (unpaired) electrons. The summed E-state index contributed by atoms with van der Waals surface area (Å²) in [5.74, 6) is 0.578. The van der Waals surface area contributed by atoms with E-state index in [9.17, 15) is 4.39 Å². The second-order valence-corrected chi connectivity index (χ2v) is 4.23. The van der Waals surface area contributed by atoms with Gasteiger partial charge in [0.25, 0.3) is 0 Å².